The van der Waals surface area contributed by atoms with Crippen molar-refractivity contribution in [2.45, 2.75) is 104 Å². The van der Waals surface area contributed by atoms with Gasteiger partial charge < -0.3 is 18.8 Å². The van der Waals surface area contributed by atoms with Crippen LogP contribution < -0.4 is 9.47 Å². The molecule has 1 saturated carbocycles. The molecule has 0 N–H and O–H groups in total. The number of hydrogen-bond donors (Lipinski definition) is 0. The Morgan fingerprint density at radius 1 is 0.975 bits per heavy atom. The lowest BCUT2D eigenvalue weighted by Crippen LogP contribution is -2.28. The molecule has 40 heavy (non-hydrogen) atoms. The molecule has 0 saturated heterocycles. The number of methoxy groups -OCH3 is 1. The van der Waals surface area contributed by atoms with Crippen LogP contribution in [0, 0.1) is 5.92 Å². The van der Waals surface area contributed by atoms with Gasteiger partial charge in [-0.3, -0.25) is 0 Å². The molecule has 3 unspecified atom stereocenters. The predicted octanol–water partition coefficient (Wildman–Crippen LogP) is 8.91. The van der Waals surface area contributed by atoms with Crippen LogP contribution in [0.2, 0.25) is 0 Å². The Morgan fingerprint density at radius 2 is 1.73 bits per heavy atom. The zero-order valence-corrected chi connectivity index (χ0v) is 25.1. The maximum atomic E-state index is 12.1. The van der Waals surface area contributed by atoms with Gasteiger partial charge in [-0.2, -0.15) is 0 Å². The average molecular weight is 546 g/mol. The summed E-state index contributed by atoms with van der Waals surface area (Å²) in [4.78, 5) is 12.1. The van der Waals surface area contributed by atoms with Crippen molar-refractivity contribution in [2.75, 3.05) is 7.11 Å². The highest BCUT2D eigenvalue weighted by Crippen LogP contribution is 2.38. The number of nitrogens with zero attached hydrogens (tertiary/aromatic N) is 1. The van der Waals surface area contributed by atoms with E-state index >= 15 is 0 Å². The average Bonchev–Trinajstić information content (AvgIpc) is 3.48. The Hall–Kier alpha value is -3.21. The zero-order valence-electron chi connectivity index (χ0n) is 25.1. The number of fused-ring (bicyclic) bond motifs is 1. The molecule has 2 aromatic carbocycles. The Kier molecular flexibility index (Phi) is 10.4. The number of aromatic nitrogens is 1. The molecule has 0 radical (unpaired) electrons. The number of esters is 1. The molecule has 4 rings (SSSR count). The van der Waals surface area contributed by atoms with Crippen molar-refractivity contribution in [3.05, 3.63) is 60.2 Å². The number of carbonyl (C=O) groups excluding carboxylic acids is 1. The van der Waals surface area contributed by atoms with E-state index < -0.39 is 0 Å². The number of ether oxygens (including phenoxy) is 3. The van der Waals surface area contributed by atoms with Gasteiger partial charge in [-0.25, -0.2) is 4.79 Å². The van der Waals surface area contributed by atoms with Crippen molar-refractivity contribution in [2.24, 2.45) is 5.92 Å². The van der Waals surface area contributed by atoms with E-state index in [1.165, 1.54) is 54.3 Å². The summed E-state index contributed by atoms with van der Waals surface area (Å²) in [7, 11) is 1.77. The molecule has 5 heteroatoms. The van der Waals surface area contributed by atoms with Crippen LogP contribution in [0.15, 0.2) is 54.6 Å². The van der Waals surface area contributed by atoms with Gasteiger partial charge in [0.05, 0.1) is 18.3 Å². The lowest BCUT2D eigenvalue weighted by molar-refractivity contribution is -0.146. The van der Waals surface area contributed by atoms with Crippen molar-refractivity contribution < 1.29 is 19.0 Å². The third-order valence-electron chi connectivity index (χ3n) is 8.27. The number of carbonyl (C=O) groups is 1. The molecule has 0 spiro atoms. The number of unbranched alkanes of at least 4 members (excludes halogenated alkanes) is 4. The fourth-order valence-corrected chi connectivity index (χ4v) is 5.81. The Morgan fingerprint density at radius 3 is 2.45 bits per heavy atom. The van der Waals surface area contributed by atoms with E-state index in [1.807, 2.05) is 0 Å². The first-order valence-electron chi connectivity index (χ1n) is 15.2. The summed E-state index contributed by atoms with van der Waals surface area (Å²) in [6, 6.07) is 15.4. The largest absolute Gasteiger partial charge is 0.496 e. The maximum Gasteiger partial charge on any atom is 0.333 e. The second-order valence-corrected chi connectivity index (χ2v) is 11.4. The third-order valence-corrected chi connectivity index (χ3v) is 8.27. The number of hydrogen-bond acceptors (Lipinski definition) is 4. The molecular formula is C35H47NO4. The van der Waals surface area contributed by atoms with Gasteiger partial charge in [0, 0.05) is 35.1 Å². The van der Waals surface area contributed by atoms with Crippen molar-refractivity contribution >= 4 is 16.9 Å². The normalized spacial score (nSPS) is 18.7. The zero-order chi connectivity index (χ0) is 28.6. The Bertz CT molecular complexity index is 1310. The van der Waals surface area contributed by atoms with Gasteiger partial charge >= 0.3 is 5.97 Å². The molecular weight excluding hydrogens is 498 g/mol. The number of benzene rings is 2. The van der Waals surface area contributed by atoms with Crippen LogP contribution in [0.25, 0.3) is 22.2 Å². The summed E-state index contributed by atoms with van der Waals surface area (Å²) in [5, 5.41) is 1.20. The highest BCUT2D eigenvalue weighted by Gasteiger charge is 2.37. The molecule has 1 heterocycles. The van der Waals surface area contributed by atoms with Crippen LogP contribution in [0.1, 0.15) is 84.6 Å². The molecule has 3 aromatic rings. The van der Waals surface area contributed by atoms with Gasteiger partial charge in [-0.15, -0.1) is 0 Å². The van der Waals surface area contributed by atoms with Crippen LogP contribution in [0.3, 0.4) is 0 Å². The van der Waals surface area contributed by atoms with E-state index in [1.54, 1.807) is 14.0 Å². The smallest absolute Gasteiger partial charge is 0.333 e. The minimum atomic E-state index is -0.319. The molecule has 0 amide bonds. The summed E-state index contributed by atoms with van der Waals surface area (Å²) in [5.74, 6) is 1.59. The molecule has 1 aliphatic rings. The fraction of sp³-hybridized carbons (Fsp3) is 0.514. The first-order valence-corrected chi connectivity index (χ1v) is 15.2. The monoisotopic (exact) mass is 545 g/mol. The second kappa shape index (κ2) is 13.9. The van der Waals surface area contributed by atoms with Gasteiger partial charge in [0.1, 0.15) is 23.7 Å². The molecule has 0 bridgehead atoms. The lowest BCUT2D eigenvalue weighted by Gasteiger charge is -2.22. The van der Waals surface area contributed by atoms with Crippen molar-refractivity contribution in [1.29, 1.82) is 0 Å². The molecule has 216 valence electrons. The highest BCUT2D eigenvalue weighted by atomic mass is 16.5. The quantitative estimate of drug-likeness (QED) is 0.115. The van der Waals surface area contributed by atoms with Gasteiger partial charge in [-0.1, -0.05) is 59.1 Å². The molecule has 0 aliphatic heterocycles. The number of rotatable bonds is 14. The van der Waals surface area contributed by atoms with Crippen LogP contribution >= 0.6 is 0 Å². The van der Waals surface area contributed by atoms with Crippen molar-refractivity contribution in [3.63, 3.8) is 0 Å². The van der Waals surface area contributed by atoms with Crippen LogP contribution in [-0.4, -0.2) is 29.9 Å². The minimum absolute atomic E-state index is 0.00342. The second-order valence-electron chi connectivity index (χ2n) is 11.4. The van der Waals surface area contributed by atoms with Crippen LogP contribution in [0.4, 0.5) is 0 Å². The molecule has 1 fully saturated rings. The van der Waals surface area contributed by atoms with Crippen LogP contribution in [-0.2, 0) is 22.5 Å². The highest BCUT2D eigenvalue weighted by molar-refractivity contribution is 5.89. The van der Waals surface area contributed by atoms with E-state index in [0.29, 0.717) is 5.57 Å². The summed E-state index contributed by atoms with van der Waals surface area (Å²) in [5.41, 5.74) is 5.25. The van der Waals surface area contributed by atoms with E-state index in [2.05, 4.69) is 74.4 Å². The first-order chi connectivity index (χ1) is 19.4. The molecule has 5 nitrogen and oxygen atoms in total. The first kappa shape index (κ1) is 29.8. The van der Waals surface area contributed by atoms with Gasteiger partial charge in [0.25, 0.3) is 0 Å². The molecule has 1 aliphatic carbocycles. The van der Waals surface area contributed by atoms with Crippen molar-refractivity contribution in [1.82, 2.24) is 4.57 Å². The SMILES string of the molecule is C=C(C)C(=O)OC1CCC(Oc2ccc3cc(-c4ccc(CCCCC)cc4OC)n(CCCCC)c3c2)C1C. The summed E-state index contributed by atoms with van der Waals surface area (Å²) >= 11 is 0. The minimum Gasteiger partial charge on any atom is -0.496 e. The third kappa shape index (κ3) is 6.92. The number of aryl methyl sites for hydroxylation is 2. The van der Waals surface area contributed by atoms with E-state index in [0.717, 1.165) is 49.3 Å². The molecule has 1 aromatic heterocycles. The lowest BCUT2D eigenvalue weighted by atomic mass is 10.0. The Labute approximate surface area is 240 Å². The van der Waals surface area contributed by atoms with E-state index in [9.17, 15) is 4.79 Å². The Balaban J connectivity index is 1.62. The van der Waals surface area contributed by atoms with E-state index in [4.69, 9.17) is 14.2 Å². The van der Waals surface area contributed by atoms with Crippen LogP contribution in [0.5, 0.6) is 11.5 Å². The summed E-state index contributed by atoms with van der Waals surface area (Å²) in [6.45, 7) is 12.9. The van der Waals surface area contributed by atoms with Gasteiger partial charge in [0.2, 0.25) is 0 Å². The van der Waals surface area contributed by atoms with Gasteiger partial charge in [-0.05, 0) is 74.9 Å². The van der Waals surface area contributed by atoms with Gasteiger partial charge in [0.15, 0.2) is 0 Å². The topological polar surface area (TPSA) is 49.7 Å². The van der Waals surface area contributed by atoms with E-state index in [-0.39, 0.29) is 24.1 Å². The van der Waals surface area contributed by atoms with Crippen molar-refractivity contribution in [3.8, 4) is 22.8 Å². The molecule has 3 atom stereocenters. The fourth-order valence-electron chi connectivity index (χ4n) is 5.81. The summed E-state index contributed by atoms with van der Waals surface area (Å²) < 4.78 is 20.5. The standard InChI is InChI=1S/C35H47NO4/c1-7-9-11-13-26-14-17-29(34(21-26)38-6)31-22-27-15-16-28(23-30(27)36(31)20-12-10-8-2)39-32-18-19-33(25(32)5)40-35(37)24(3)4/h14-17,21-23,25,32-33H,3,7-13,18-20H2,1-2,4-6H3. The summed E-state index contributed by atoms with van der Waals surface area (Å²) in [6.07, 6.45) is 9.77. The maximum absolute atomic E-state index is 12.1. The predicted molar refractivity (Wildman–Crippen MR) is 164 cm³/mol.